The zero-order valence-corrected chi connectivity index (χ0v) is 82.4. The molecule has 0 radical (unpaired) electrons. The summed E-state index contributed by atoms with van der Waals surface area (Å²) in [5.41, 5.74) is 44.9. The van der Waals surface area contributed by atoms with Crippen molar-refractivity contribution >= 4 is 104 Å². The van der Waals surface area contributed by atoms with Crippen molar-refractivity contribution in [2.24, 2.45) is 0 Å². The minimum Gasteiger partial charge on any atom is -0.311 e. The zero-order chi connectivity index (χ0) is 99.3. The standard InChI is InChI=1S/C73H50N2.C72H49N3/c1-6-19-50(20-7-1)57-35-40-71-67(47-57)68-49-59(37-42-72(68)74(71)63-38-33-55(34-39-63)73(53-25-12-4-13-26-53)54-27-14-5-15-28-54)58-36-41-70-66(48-58)65-31-16-17-32-69(65)75(70)64-30-18-29-56(46-64)62-44-60(51-21-8-2-9-22-51)43-61(45-62)52-23-10-3-11-24-52;1-6-19-50(20-7-1)54-33-40-71-67(47-54)68-49-56(35-42-72(68)75(71)64-30-18-25-53(46-64)59-44-57(51-21-8-2-9-22-51)43-58(45-59)52-23-10-3-11-24-52)55-34-41-70-66(48-55)65-31-16-17-32-69(65)74(70)63-38-36-62(37-39-63)73(60-26-12-4-13-27-60)61-28-14-5-15-29-61/h1-49,73H;1-49H. The highest BCUT2D eigenvalue weighted by molar-refractivity contribution is 6.16. The molecule has 4 aromatic heterocycles. The van der Waals surface area contributed by atoms with Crippen LogP contribution in [0.2, 0.25) is 0 Å². The normalized spacial score (nSPS) is 11.5. The van der Waals surface area contributed by atoms with Gasteiger partial charge < -0.3 is 23.2 Å². The van der Waals surface area contributed by atoms with Crippen molar-refractivity contribution in [3.05, 3.63) is 611 Å². The molecule has 4 heterocycles. The molecule has 0 N–H and O–H groups in total. The molecule has 0 aliphatic carbocycles. The molecule has 150 heavy (non-hydrogen) atoms. The Kier molecular flexibility index (Phi) is 23.0. The van der Waals surface area contributed by atoms with E-state index in [9.17, 15) is 0 Å². The van der Waals surface area contributed by atoms with Crippen molar-refractivity contribution in [1.82, 2.24) is 18.3 Å². The molecule has 0 unspecified atom stereocenters. The van der Waals surface area contributed by atoms with Crippen molar-refractivity contribution in [3.8, 4) is 134 Å². The van der Waals surface area contributed by atoms with E-state index < -0.39 is 0 Å². The Hall–Kier alpha value is -19.7. The zero-order valence-electron chi connectivity index (χ0n) is 82.4. The summed E-state index contributed by atoms with van der Waals surface area (Å²) in [5.74, 6) is 0.129. The topological polar surface area (TPSA) is 23.0 Å². The maximum Gasteiger partial charge on any atom is 0.0541 e. The Morgan fingerprint density at radius 1 is 0.113 bits per heavy atom. The van der Waals surface area contributed by atoms with Gasteiger partial charge in [-0.1, -0.05) is 388 Å². The van der Waals surface area contributed by atoms with Gasteiger partial charge in [0.2, 0.25) is 0 Å². The lowest BCUT2D eigenvalue weighted by Crippen LogP contribution is -2.09. The summed E-state index contributed by atoms with van der Waals surface area (Å²) in [7, 11) is 0. The van der Waals surface area contributed by atoms with Gasteiger partial charge in [0.1, 0.15) is 0 Å². The lowest BCUT2D eigenvalue weighted by molar-refractivity contribution is 0.975. The SMILES string of the molecule is c1ccc(-c2cc(-c3ccccc3)cc(-c3cccc(-n4c5ccc(-c6ccccc6)cc5c5cc(-c6ccc7c(c6)c6ccccc6n7-c6ccc(N(c7ccccc7)c7ccccc7)cc6)ccc54)c3)c2)cc1.c1ccc(-c2cc(-c3ccccc3)cc(-c3cccc(-n4c5ccccc5c5cc(-c6ccc7c(c6)c6cc(-c8ccccc8)ccc6n7-c6ccc(C(c7ccccc7)c7ccccc7)cc6)ccc54)c3)c2)cc1. The third-order valence-electron chi connectivity index (χ3n) is 30.1. The van der Waals surface area contributed by atoms with Crippen LogP contribution < -0.4 is 4.90 Å². The van der Waals surface area contributed by atoms with Gasteiger partial charge in [-0.3, -0.25) is 0 Å². The first-order valence-corrected chi connectivity index (χ1v) is 51.7. The molecule has 0 aliphatic heterocycles. The van der Waals surface area contributed by atoms with E-state index in [1.54, 1.807) is 0 Å². The minimum absolute atomic E-state index is 0.129. The van der Waals surface area contributed by atoms with Crippen LogP contribution in [0, 0.1) is 0 Å². The minimum atomic E-state index is 0.129. The van der Waals surface area contributed by atoms with Crippen molar-refractivity contribution in [1.29, 1.82) is 0 Å². The maximum atomic E-state index is 2.45. The van der Waals surface area contributed by atoms with Crippen LogP contribution in [0.15, 0.2) is 595 Å². The molecule has 24 aromatic carbocycles. The van der Waals surface area contributed by atoms with E-state index in [2.05, 4.69) is 618 Å². The Bertz CT molecular complexity index is 9680. The monoisotopic (exact) mass is 1910 g/mol. The fourth-order valence-electron chi connectivity index (χ4n) is 22.9. The number of anilines is 3. The van der Waals surface area contributed by atoms with E-state index >= 15 is 0 Å². The average Bonchev–Trinajstić information content (AvgIpc) is 1.58. The van der Waals surface area contributed by atoms with E-state index in [1.807, 2.05) is 0 Å². The highest BCUT2D eigenvalue weighted by Gasteiger charge is 2.25. The van der Waals surface area contributed by atoms with Crippen molar-refractivity contribution in [2.75, 3.05) is 4.90 Å². The molecule has 0 fully saturated rings. The summed E-state index contributed by atoms with van der Waals surface area (Å²) in [6, 6.07) is 217. The maximum absolute atomic E-state index is 2.45. The first kappa shape index (κ1) is 89.2. The van der Waals surface area contributed by atoms with Crippen LogP contribution in [0.5, 0.6) is 0 Å². The Labute approximate surface area is 872 Å². The van der Waals surface area contributed by atoms with Crippen LogP contribution in [0.3, 0.4) is 0 Å². The predicted molar refractivity (Wildman–Crippen MR) is 633 cm³/mol. The number of nitrogens with zero attached hydrogens (tertiary/aromatic N) is 5. The van der Waals surface area contributed by atoms with E-state index in [0.29, 0.717) is 0 Å². The molecule has 28 aromatic rings. The molecule has 0 bridgehead atoms. The number of fused-ring (bicyclic) bond motifs is 12. The molecule has 28 rings (SSSR count). The summed E-state index contributed by atoms with van der Waals surface area (Å²) in [4.78, 5) is 2.31. The van der Waals surface area contributed by atoms with Gasteiger partial charge >= 0.3 is 0 Å². The highest BCUT2D eigenvalue weighted by Crippen LogP contribution is 2.48. The summed E-state index contributed by atoms with van der Waals surface area (Å²) in [6.07, 6.45) is 0. The smallest absolute Gasteiger partial charge is 0.0541 e. The van der Waals surface area contributed by atoms with Gasteiger partial charge in [0.05, 0.1) is 44.1 Å². The van der Waals surface area contributed by atoms with Gasteiger partial charge in [0.25, 0.3) is 0 Å². The van der Waals surface area contributed by atoms with Crippen LogP contribution in [0.4, 0.5) is 17.1 Å². The van der Waals surface area contributed by atoms with Gasteiger partial charge in [0, 0.05) is 88.8 Å². The van der Waals surface area contributed by atoms with Gasteiger partial charge in [-0.15, -0.1) is 0 Å². The molecule has 0 saturated carbocycles. The molecule has 0 amide bonds. The Morgan fingerprint density at radius 2 is 0.313 bits per heavy atom. The first-order valence-electron chi connectivity index (χ1n) is 51.7. The fourth-order valence-corrected chi connectivity index (χ4v) is 22.9. The van der Waals surface area contributed by atoms with Gasteiger partial charge in [-0.25, -0.2) is 0 Å². The molecule has 0 saturated heterocycles. The summed E-state index contributed by atoms with van der Waals surface area (Å²) in [5, 5.41) is 9.79. The van der Waals surface area contributed by atoms with E-state index in [1.165, 1.54) is 215 Å². The number of hydrogen-bond donors (Lipinski definition) is 0. The number of benzene rings is 24. The van der Waals surface area contributed by atoms with Crippen LogP contribution >= 0.6 is 0 Å². The Balaban J connectivity index is 0.000000148. The van der Waals surface area contributed by atoms with Gasteiger partial charge in [-0.05, 0) is 334 Å². The Morgan fingerprint density at radius 3 is 0.613 bits per heavy atom. The van der Waals surface area contributed by atoms with Gasteiger partial charge in [-0.2, -0.15) is 0 Å². The fraction of sp³-hybridized carbons (Fsp3) is 0.00690. The van der Waals surface area contributed by atoms with Crippen molar-refractivity contribution in [3.63, 3.8) is 0 Å². The van der Waals surface area contributed by atoms with Crippen LogP contribution in [-0.2, 0) is 0 Å². The number of para-hydroxylation sites is 4. The van der Waals surface area contributed by atoms with Gasteiger partial charge in [0.15, 0.2) is 0 Å². The lowest BCUT2D eigenvalue weighted by Gasteiger charge is -2.25. The van der Waals surface area contributed by atoms with Crippen LogP contribution in [-0.4, -0.2) is 18.3 Å². The van der Waals surface area contributed by atoms with E-state index in [-0.39, 0.29) is 5.92 Å². The van der Waals surface area contributed by atoms with Crippen molar-refractivity contribution in [2.45, 2.75) is 5.92 Å². The largest absolute Gasteiger partial charge is 0.311 e. The number of aromatic nitrogens is 4. The molecular formula is C145H99N5. The summed E-state index contributed by atoms with van der Waals surface area (Å²) < 4.78 is 9.74. The third-order valence-corrected chi connectivity index (χ3v) is 30.1. The predicted octanol–water partition coefficient (Wildman–Crippen LogP) is 39.1. The van der Waals surface area contributed by atoms with E-state index in [4.69, 9.17) is 0 Å². The number of hydrogen-bond acceptors (Lipinski definition) is 1. The molecule has 704 valence electrons. The van der Waals surface area contributed by atoms with Crippen LogP contribution in [0.1, 0.15) is 22.6 Å². The second-order valence-corrected chi connectivity index (χ2v) is 39.0. The lowest BCUT2D eigenvalue weighted by atomic mass is 9.85. The first-order chi connectivity index (χ1) is 74.4. The quantitative estimate of drug-likeness (QED) is 0.0698. The van der Waals surface area contributed by atoms with Crippen LogP contribution in [0.25, 0.3) is 221 Å². The second-order valence-electron chi connectivity index (χ2n) is 39.0. The molecule has 0 aliphatic rings. The molecule has 0 spiro atoms. The molecular weight excluding hydrogens is 1810 g/mol. The summed E-state index contributed by atoms with van der Waals surface area (Å²) >= 11 is 0. The molecule has 5 nitrogen and oxygen atoms in total. The molecule has 0 atom stereocenters. The number of rotatable bonds is 20. The summed E-state index contributed by atoms with van der Waals surface area (Å²) in [6.45, 7) is 0. The highest BCUT2D eigenvalue weighted by atomic mass is 15.1. The second kappa shape index (κ2) is 38.8. The van der Waals surface area contributed by atoms with Crippen molar-refractivity contribution < 1.29 is 0 Å². The van der Waals surface area contributed by atoms with E-state index in [0.717, 1.165) is 39.8 Å². The molecule has 5 heteroatoms. The average molecular weight is 1910 g/mol. The third kappa shape index (κ3) is 16.7.